The molecule has 176 valence electrons. The molecule has 2 heterocycles. The van der Waals surface area contributed by atoms with E-state index in [-0.39, 0.29) is 72.5 Å². The van der Waals surface area contributed by atoms with Crippen LogP contribution < -0.4 is 5.73 Å². The van der Waals surface area contributed by atoms with E-state index >= 15 is 0 Å². The van der Waals surface area contributed by atoms with Crippen molar-refractivity contribution in [3.63, 3.8) is 0 Å². The molecule has 0 aliphatic carbocycles. The van der Waals surface area contributed by atoms with Crippen molar-refractivity contribution < 1.29 is 57.5 Å². The average Bonchev–Trinajstić information content (AvgIpc) is 2.79. The maximum atomic E-state index is 13.6. The van der Waals surface area contributed by atoms with Crippen LogP contribution in [-0.4, -0.2) is 46.5 Å². The van der Waals surface area contributed by atoms with Gasteiger partial charge in [0.05, 0.1) is 22.3 Å². The van der Waals surface area contributed by atoms with Gasteiger partial charge in [-0.15, -0.1) is 13.1 Å². The number of pyridine rings is 1. The zero-order valence-electron chi connectivity index (χ0n) is 17.6. The molecule has 0 unspecified atom stereocenters. The zero-order chi connectivity index (χ0) is 24.4. The van der Waals surface area contributed by atoms with Gasteiger partial charge in [-0.05, 0) is 24.3 Å². The van der Waals surface area contributed by atoms with Gasteiger partial charge in [0.2, 0.25) is 15.8 Å². The second kappa shape index (κ2) is 10.9. The van der Waals surface area contributed by atoms with Gasteiger partial charge in [-0.3, -0.25) is 14.1 Å². The van der Waals surface area contributed by atoms with Crippen LogP contribution in [0.3, 0.4) is 0 Å². The van der Waals surface area contributed by atoms with Gasteiger partial charge in [0.1, 0.15) is 0 Å². The molecule has 2 N–H and O–H groups in total. The minimum atomic E-state index is -4.94. The molecule has 0 aliphatic rings. The van der Waals surface area contributed by atoms with E-state index in [1.807, 2.05) is 0 Å². The van der Waals surface area contributed by atoms with Crippen LogP contribution in [0, 0.1) is 45.0 Å². The van der Waals surface area contributed by atoms with Crippen LogP contribution in [0.1, 0.15) is 21.6 Å². The van der Waals surface area contributed by atoms with E-state index in [9.17, 15) is 26.4 Å². The monoisotopic (exact) mass is 715 g/mol. The molecule has 0 amide bonds. The summed E-state index contributed by atoms with van der Waals surface area (Å²) in [6, 6.07) is 5.52. The summed E-state index contributed by atoms with van der Waals surface area (Å²) in [5.74, 6) is -0.803. The Kier molecular flexibility index (Phi) is 8.99. The number of hydrogen-bond donors (Lipinski definition) is 1. The van der Waals surface area contributed by atoms with Crippen molar-refractivity contribution >= 4 is 21.6 Å². The topological polar surface area (TPSA) is 119 Å². The van der Waals surface area contributed by atoms with Gasteiger partial charge >= 0.3 is 37.3 Å². The molecule has 0 saturated heterocycles. The van der Waals surface area contributed by atoms with E-state index < -0.39 is 32.4 Å². The van der Waals surface area contributed by atoms with Crippen molar-refractivity contribution in [2.24, 2.45) is 0 Å². The van der Waals surface area contributed by atoms with E-state index in [1.54, 1.807) is 0 Å². The first-order valence-corrected chi connectivity index (χ1v) is 10.8. The van der Waals surface area contributed by atoms with Crippen LogP contribution in [0.15, 0.2) is 53.8 Å². The zero-order valence-corrected chi connectivity index (χ0v) is 22.6. The minimum Gasteiger partial charge on any atom is -0.382 e. The summed E-state index contributed by atoms with van der Waals surface area (Å²) in [5.41, 5.74) is 4.30. The number of carbonyl (C=O) groups excluding carboxylic acids is 1. The molecular weight excluding hydrogens is 697 g/mol. The van der Waals surface area contributed by atoms with E-state index in [2.05, 4.69) is 28.8 Å². The molecule has 0 fully saturated rings. The number of rotatable bonds is 7. The number of ketones is 1. The summed E-state index contributed by atoms with van der Waals surface area (Å²) < 4.78 is 67.2. The number of sulfonamides is 1. The van der Waals surface area contributed by atoms with E-state index in [0.717, 1.165) is 18.3 Å². The molecule has 34 heavy (non-hydrogen) atoms. The number of nitrogens with two attached hydrogens (primary N) is 1. The van der Waals surface area contributed by atoms with Crippen LogP contribution in [-0.2, 0) is 16.2 Å². The number of aromatic nitrogens is 3. The molecule has 0 saturated carbocycles. The second-order valence-electron chi connectivity index (χ2n) is 6.67. The summed E-state index contributed by atoms with van der Waals surface area (Å²) in [5, 5.41) is 0. The predicted molar refractivity (Wildman–Crippen MR) is 114 cm³/mol. The third kappa shape index (κ3) is 5.66. The SMILES string of the molecule is [CH2-]CN(C[CH2-])S(=O)(=O)c1cc(-c2cnc(N)c(C(=O)c3cccnc3)n2)ccc1C(F)(F)F.[U+2]. The Labute approximate surface area is 218 Å². The number of benzene rings is 1. The van der Waals surface area contributed by atoms with Gasteiger partial charge in [0, 0.05) is 23.5 Å². The van der Waals surface area contributed by atoms with E-state index in [0.29, 0.717) is 10.4 Å². The fraction of sp³-hybridized carbons (Fsp3) is 0.143. The normalized spacial score (nSPS) is 11.8. The molecular formula is C21H18F3N5O3SU. The van der Waals surface area contributed by atoms with Gasteiger partial charge in [-0.1, -0.05) is 6.07 Å². The Balaban J connectivity index is 0.00000408. The number of nitrogens with zero attached hydrogens (tertiary/aromatic N) is 4. The molecule has 0 radical (unpaired) electrons. The first kappa shape index (κ1) is 27.9. The molecule has 0 aliphatic heterocycles. The molecule has 1 aromatic carbocycles. The number of hydrogen-bond acceptors (Lipinski definition) is 7. The van der Waals surface area contributed by atoms with Crippen molar-refractivity contribution in [2.75, 3.05) is 18.8 Å². The maximum absolute atomic E-state index is 13.6. The minimum absolute atomic E-state index is 0. The quantitative estimate of drug-likeness (QED) is 0.295. The number of anilines is 1. The smallest absolute Gasteiger partial charge is 0.382 e. The summed E-state index contributed by atoms with van der Waals surface area (Å²) in [6.45, 7) is 6.23. The Bertz CT molecular complexity index is 1280. The molecule has 3 rings (SSSR count). The van der Waals surface area contributed by atoms with E-state index in [1.165, 1.54) is 24.5 Å². The van der Waals surface area contributed by atoms with Crippen LogP contribution >= 0.6 is 0 Å². The Morgan fingerprint density at radius 2 is 1.79 bits per heavy atom. The Hall–Kier alpha value is -2.33. The molecule has 0 spiro atoms. The summed E-state index contributed by atoms with van der Waals surface area (Å²) in [6.07, 6.45) is -1.05. The van der Waals surface area contributed by atoms with Gasteiger partial charge in [0.15, 0.2) is 11.5 Å². The van der Waals surface area contributed by atoms with Gasteiger partial charge in [-0.2, -0.15) is 13.2 Å². The van der Waals surface area contributed by atoms with Crippen molar-refractivity contribution in [3.8, 4) is 11.3 Å². The molecule has 2 aromatic heterocycles. The molecule has 3 aromatic rings. The van der Waals surface area contributed by atoms with Crippen LogP contribution in [0.25, 0.3) is 11.3 Å². The van der Waals surface area contributed by atoms with Crippen molar-refractivity contribution in [1.82, 2.24) is 19.3 Å². The number of halogens is 3. The Morgan fingerprint density at radius 3 is 2.35 bits per heavy atom. The molecule has 0 atom stereocenters. The third-order valence-corrected chi connectivity index (χ3v) is 6.58. The molecule has 0 bridgehead atoms. The predicted octanol–water partition coefficient (Wildman–Crippen LogP) is 3.03. The number of carbonyl (C=O) groups is 1. The number of alkyl halides is 3. The van der Waals surface area contributed by atoms with Gasteiger partial charge < -0.3 is 19.6 Å². The van der Waals surface area contributed by atoms with Gasteiger partial charge in [-0.25, -0.2) is 18.4 Å². The van der Waals surface area contributed by atoms with Crippen LogP contribution in [0.4, 0.5) is 19.0 Å². The van der Waals surface area contributed by atoms with Crippen molar-refractivity contribution in [3.05, 3.63) is 79.6 Å². The van der Waals surface area contributed by atoms with Crippen molar-refractivity contribution in [1.29, 1.82) is 0 Å². The Morgan fingerprint density at radius 1 is 1.12 bits per heavy atom. The first-order valence-electron chi connectivity index (χ1n) is 9.38. The third-order valence-electron chi connectivity index (χ3n) is 4.64. The van der Waals surface area contributed by atoms with E-state index in [4.69, 9.17) is 5.73 Å². The maximum Gasteiger partial charge on any atom is 2.00 e. The van der Waals surface area contributed by atoms with Crippen molar-refractivity contribution in [2.45, 2.75) is 11.1 Å². The average molecular weight is 715 g/mol. The fourth-order valence-corrected chi connectivity index (χ4v) is 4.46. The summed E-state index contributed by atoms with van der Waals surface area (Å²) in [4.78, 5) is 23.6. The first-order chi connectivity index (χ1) is 15.5. The molecule has 13 heteroatoms. The summed E-state index contributed by atoms with van der Waals surface area (Å²) in [7, 11) is -4.58. The van der Waals surface area contributed by atoms with Crippen LogP contribution in [0.2, 0.25) is 0 Å². The standard InChI is InChI=1S/C21H18F3N5O3S.U/c1-3-29(4-2)33(31,32)17-10-13(7-8-15(17)21(22,23)24)16-12-27-20(25)18(28-16)19(30)14-6-5-9-26-11-14;/h5-12H,1-4H2,(H2,25,27);/q-2;+2. The van der Waals surface area contributed by atoms with Gasteiger partial charge in [0.25, 0.3) is 0 Å². The molecule has 8 nitrogen and oxygen atoms in total. The largest absolute Gasteiger partial charge is 2.00 e. The fourth-order valence-electron chi connectivity index (χ4n) is 2.96. The number of nitrogen functional groups attached to an aromatic ring is 1. The summed E-state index contributed by atoms with van der Waals surface area (Å²) >= 11 is 0. The van der Waals surface area contributed by atoms with Crippen LogP contribution in [0.5, 0.6) is 0 Å². The second-order valence-corrected chi connectivity index (χ2v) is 8.58.